The number of rotatable bonds is 10. The number of nitrogens with zero attached hydrogens (tertiary/aromatic N) is 6. The molecule has 0 unspecified atom stereocenters. The van der Waals surface area contributed by atoms with Gasteiger partial charge in [-0.3, -0.25) is 4.68 Å². The van der Waals surface area contributed by atoms with Crippen LogP contribution in [-0.2, 0) is 18.0 Å². The van der Waals surface area contributed by atoms with E-state index in [4.69, 9.17) is 16.3 Å². The molecule has 192 valence electrons. The predicted molar refractivity (Wildman–Crippen MR) is 141 cm³/mol. The van der Waals surface area contributed by atoms with Crippen molar-refractivity contribution in [2.45, 2.75) is 39.0 Å². The Bertz CT molecular complexity index is 1430. The third-order valence-corrected chi connectivity index (χ3v) is 7.72. The quantitative estimate of drug-likeness (QED) is 0.231. The van der Waals surface area contributed by atoms with E-state index in [1.165, 1.54) is 18.5 Å². The topological polar surface area (TPSA) is 98.3 Å². The summed E-state index contributed by atoms with van der Waals surface area (Å²) in [5, 5.41) is 14.9. The van der Waals surface area contributed by atoms with Gasteiger partial charge in [-0.05, 0) is 32.3 Å². The second-order valence-corrected chi connectivity index (χ2v) is 16.3. The molecule has 3 heterocycles. The van der Waals surface area contributed by atoms with Crippen LogP contribution >= 0.6 is 11.6 Å². The number of aromatic carboxylic acids is 1. The number of fused-ring (bicyclic) bond motifs is 2. The van der Waals surface area contributed by atoms with Crippen LogP contribution in [-0.4, -0.2) is 75.6 Å². The van der Waals surface area contributed by atoms with Crippen molar-refractivity contribution in [2.75, 3.05) is 27.2 Å². The minimum Gasteiger partial charge on any atom is -0.478 e. The number of aromatic nitrogens is 5. The van der Waals surface area contributed by atoms with E-state index < -0.39 is 19.9 Å². The maximum absolute atomic E-state index is 15.1. The number of carbonyl (C=O) groups is 1. The first-order chi connectivity index (χ1) is 16.9. The molecule has 0 saturated heterocycles. The van der Waals surface area contributed by atoms with Gasteiger partial charge in [0.25, 0.3) is 0 Å². The second-order valence-electron chi connectivity index (χ2n) is 10.2. The van der Waals surface area contributed by atoms with Crippen LogP contribution < -0.4 is 0 Å². The molecule has 0 aliphatic rings. The SMILES string of the molecule is CN(C)CCn1nc(-c2cnc3c(n2)c(C(=O)O)cn3COCC[Si](C)(C)C)c2c(F)cc(Cl)cc21. The number of benzene rings is 1. The Balaban J connectivity index is 1.77. The van der Waals surface area contributed by atoms with Gasteiger partial charge in [-0.25, -0.2) is 19.2 Å². The van der Waals surface area contributed by atoms with Crippen molar-refractivity contribution in [3.63, 3.8) is 0 Å². The second kappa shape index (κ2) is 10.2. The highest BCUT2D eigenvalue weighted by Gasteiger charge is 2.22. The lowest BCUT2D eigenvalue weighted by Crippen LogP contribution is -2.22. The molecule has 0 amide bonds. The Kier molecular flexibility index (Phi) is 7.46. The van der Waals surface area contributed by atoms with Crippen LogP contribution in [0.3, 0.4) is 0 Å². The summed E-state index contributed by atoms with van der Waals surface area (Å²) in [6.45, 7) is 8.72. The molecule has 0 saturated carbocycles. The number of hydrogen-bond acceptors (Lipinski definition) is 6. The molecule has 0 fully saturated rings. The zero-order chi connectivity index (χ0) is 26.2. The fourth-order valence-electron chi connectivity index (χ4n) is 3.83. The van der Waals surface area contributed by atoms with E-state index in [0.29, 0.717) is 30.9 Å². The van der Waals surface area contributed by atoms with Crippen LogP contribution in [0.2, 0.25) is 30.7 Å². The highest BCUT2D eigenvalue weighted by molar-refractivity contribution is 6.76. The summed E-state index contributed by atoms with van der Waals surface area (Å²) in [6.07, 6.45) is 2.96. The third kappa shape index (κ3) is 5.59. The summed E-state index contributed by atoms with van der Waals surface area (Å²) < 4.78 is 24.2. The molecule has 1 N–H and O–H groups in total. The van der Waals surface area contributed by atoms with E-state index in [-0.39, 0.29) is 39.6 Å². The van der Waals surface area contributed by atoms with Gasteiger partial charge in [0.15, 0.2) is 5.65 Å². The summed E-state index contributed by atoms with van der Waals surface area (Å²) in [6, 6.07) is 3.89. The summed E-state index contributed by atoms with van der Waals surface area (Å²) >= 11 is 6.13. The van der Waals surface area contributed by atoms with Crippen LogP contribution in [0.25, 0.3) is 33.5 Å². The Labute approximate surface area is 214 Å². The van der Waals surface area contributed by atoms with Crippen LogP contribution in [0, 0.1) is 5.82 Å². The van der Waals surface area contributed by atoms with Gasteiger partial charge in [-0.2, -0.15) is 5.10 Å². The normalized spacial score (nSPS) is 12.3. The van der Waals surface area contributed by atoms with E-state index in [9.17, 15) is 9.90 Å². The molecule has 4 rings (SSSR count). The van der Waals surface area contributed by atoms with Crippen LogP contribution in [0.15, 0.2) is 24.5 Å². The van der Waals surface area contributed by atoms with E-state index in [1.54, 1.807) is 15.3 Å². The summed E-state index contributed by atoms with van der Waals surface area (Å²) in [4.78, 5) is 23.0. The van der Waals surface area contributed by atoms with Gasteiger partial charge >= 0.3 is 5.97 Å². The molecule has 3 aromatic heterocycles. The van der Waals surface area contributed by atoms with E-state index in [2.05, 4.69) is 34.7 Å². The minimum absolute atomic E-state index is 0.00647. The number of carboxylic acids is 1. The van der Waals surface area contributed by atoms with E-state index >= 15 is 4.39 Å². The van der Waals surface area contributed by atoms with Gasteiger partial charge in [-0.15, -0.1) is 0 Å². The molecule has 0 atom stereocenters. The van der Waals surface area contributed by atoms with Gasteiger partial charge in [-0.1, -0.05) is 31.2 Å². The summed E-state index contributed by atoms with van der Waals surface area (Å²) in [5.74, 6) is -1.66. The molecule has 0 bridgehead atoms. The molecule has 12 heteroatoms. The number of carboxylic acid groups (broad SMARTS) is 1. The zero-order valence-electron chi connectivity index (χ0n) is 21.0. The van der Waals surface area contributed by atoms with Crippen LogP contribution in [0.5, 0.6) is 0 Å². The molecular weight excluding hydrogens is 503 g/mol. The fraction of sp³-hybridized carbons (Fsp3) is 0.417. The molecule has 4 aromatic rings. The predicted octanol–water partition coefficient (Wildman–Crippen LogP) is 4.81. The number of halogens is 2. The standard InChI is InChI=1S/C24H30ClFN6O3Si/c1-30(2)6-7-32-19-11-15(25)10-17(26)20(19)22(29-32)18-12-27-23-21(28-18)16(24(33)34)13-31(23)14-35-8-9-36(3,4)5/h10-13H,6-9,14H2,1-5H3,(H,33,34). The first-order valence-corrected chi connectivity index (χ1v) is 15.7. The Morgan fingerprint density at radius 2 is 2.03 bits per heavy atom. The number of hydrogen-bond donors (Lipinski definition) is 1. The highest BCUT2D eigenvalue weighted by Crippen LogP contribution is 2.32. The Morgan fingerprint density at radius 3 is 2.69 bits per heavy atom. The average molecular weight is 533 g/mol. The average Bonchev–Trinajstić information content (AvgIpc) is 3.33. The zero-order valence-corrected chi connectivity index (χ0v) is 22.8. The molecule has 9 nitrogen and oxygen atoms in total. The van der Waals surface area contributed by atoms with Crippen molar-refractivity contribution in [3.05, 3.63) is 40.9 Å². The molecule has 36 heavy (non-hydrogen) atoms. The molecule has 0 aliphatic carbocycles. The fourth-order valence-corrected chi connectivity index (χ4v) is 4.78. The lowest BCUT2D eigenvalue weighted by molar-refractivity contribution is 0.0696. The maximum Gasteiger partial charge on any atom is 0.339 e. The first kappa shape index (κ1) is 26.2. The lowest BCUT2D eigenvalue weighted by Gasteiger charge is -2.15. The van der Waals surface area contributed by atoms with Crippen molar-refractivity contribution in [1.82, 2.24) is 29.2 Å². The Morgan fingerprint density at radius 1 is 1.28 bits per heavy atom. The van der Waals surface area contributed by atoms with Gasteiger partial charge in [0.2, 0.25) is 0 Å². The number of ether oxygens (including phenoxy) is 1. The van der Waals surface area contributed by atoms with E-state index in [0.717, 1.165) is 6.04 Å². The molecule has 0 radical (unpaired) electrons. The smallest absolute Gasteiger partial charge is 0.339 e. The lowest BCUT2D eigenvalue weighted by atomic mass is 10.1. The monoisotopic (exact) mass is 532 g/mol. The van der Waals surface area contributed by atoms with Gasteiger partial charge in [0.1, 0.15) is 35.0 Å². The molecule has 0 aliphatic heterocycles. The van der Waals surface area contributed by atoms with Gasteiger partial charge < -0.3 is 19.3 Å². The van der Waals surface area contributed by atoms with Crippen LogP contribution in [0.4, 0.5) is 4.39 Å². The van der Waals surface area contributed by atoms with Crippen molar-refractivity contribution < 1.29 is 19.0 Å². The highest BCUT2D eigenvalue weighted by atomic mass is 35.5. The summed E-state index contributed by atoms with van der Waals surface area (Å²) in [7, 11) is 2.62. The molecule has 1 aromatic carbocycles. The molecule has 0 spiro atoms. The van der Waals surface area contributed by atoms with Crippen molar-refractivity contribution in [2.24, 2.45) is 0 Å². The van der Waals surface area contributed by atoms with Gasteiger partial charge in [0.05, 0.1) is 23.6 Å². The van der Waals surface area contributed by atoms with Crippen molar-refractivity contribution in [3.8, 4) is 11.4 Å². The molecular formula is C24H30ClFN6O3Si. The number of likely N-dealkylation sites (N-methyl/N-ethyl adjacent to an activating group) is 1. The van der Waals surface area contributed by atoms with Crippen LogP contribution in [0.1, 0.15) is 10.4 Å². The first-order valence-electron chi connectivity index (χ1n) is 11.6. The van der Waals surface area contributed by atoms with Crippen molar-refractivity contribution >= 4 is 47.7 Å². The van der Waals surface area contributed by atoms with Gasteiger partial charge in [0, 0.05) is 32.4 Å². The maximum atomic E-state index is 15.1. The minimum atomic E-state index is -1.25. The van der Waals surface area contributed by atoms with Crippen molar-refractivity contribution in [1.29, 1.82) is 0 Å². The Hall–Kier alpha value is -2.86. The van der Waals surface area contributed by atoms with E-state index in [1.807, 2.05) is 19.0 Å². The summed E-state index contributed by atoms with van der Waals surface area (Å²) in [5.41, 5.74) is 1.65. The third-order valence-electron chi connectivity index (χ3n) is 5.79. The largest absolute Gasteiger partial charge is 0.478 e.